The minimum Gasteiger partial charge on any atom is -0.477 e. The predicted molar refractivity (Wildman–Crippen MR) is 91.3 cm³/mol. The van der Waals surface area contributed by atoms with Gasteiger partial charge in [-0.3, -0.25) is 0 Å². The van der Waals surface area contributed by atoms with Crippen molar-refractivity contribution < 1.29 is 9.90 Å². The molecule has 23 heavy (non-hydrogen) atoms. The number of carboxylic acids is 1. The van der Waals surface area contributed by atoms with E-state index in [1.165, 1.54) is 11.3 Å². The highest BCUT2D eigenvalue weighted by atomic mass is 32.1. The second-order valence-corrected chi connectivity index (χ2v) is 6.87. The molecule has 0 aliphatic rings. The van der Waals surface area contributed by atoms with Crippen LogP contribution >= 0.6 is 22.7 Å². The van der Waals surface area contributed by atoms with Gasteiger partial charge < -0.3 is 5.11 Å². The molecule has 4 aromatic rings. The lowest BCUT2D eigenvalue weighted by molar-refractivity contribution is 0.0702. The van der Waals surface area contributed by atoms with Crippen LogP contribution in [0.5, 0.6) is 0 Å². The van der Waals surface area contributed by atoms with E-state index in [1.807, 2.05) is 48.8 Å². The lowest BCUT2D eigenvalue weighted by Gasteiger charge is -1.97. The van der Waals surface area contributed by atoms with E-state index < -0.39 is 5.97 Å². The van der Waals surface area contributed by atoms with E-state index in [1.54, 1.807) is 15.9 Å². The van der Waals surface area contributed by atoms with Gasteiger partial charge in [-0.25, -0.2) is 14.3 Å². The number of hydrogen-bond acceptors (Lipinski definition) is 5. The van der Waals surface area contributed by atoms with Crippen molar-refractivity contribution in [2.45, 2.75) is 6.92 Å². The van der Waals surface area contributed by atoms with Crippen molar-refractivity contribution >= 4 is 33.5 Å². The topological polar surface area (TPSA) is 67.5 Å². The van der Waals surface area contributed by atoms with Crippen LogP contribution in [0.3, 0.4) is 0 Å². The number of nitrogens with zero attached hydrogens (tertiary/aromatic N) is 3. The molecular formula is C16H11N3O2S2. The average Bonchev–Trinajstić information content (AvgIpc) is 3.21. The molecule has 0 saturated heterocycles. The summed E-state index contributed by atoms with van der Waals surface area (Å²) in [6.07, 6.45) is 1.89. The van der Waals surface area contributed by atoms with Crippen LogP contribution in [0, 0.1) is 6.92 Å². The summed E-state index contributed by atoms with van der Waals surface area (Å²) in [5.74, 6) is -0.958. The molecule has 3 heterocycles. The minimum absolute atomic E-state index is 0.251. The smallest absolute Gasteiger partial charge is 0.348 e. The number of carboxylic acid groups (broad SMARTS) is 1. The zero-order chi connectivity index (χ0) is 16.0. The summed E-state index contributed by atoms with van der Waals surface area (Å²) < 4.78 is 1.80. The van der Waals surface area contributed by atoms with Gasteiger partial charge in [0, 0.05) is 17.1 Å². The summed E-state index contributed by atoms with van der Waals surface area (Å²) in [6.45, 7) is 1.92. The van der Waals surface area contributed by atoms with Gasteiger partial charge in [0.25, 0.3) is 0 Å². The number of aromatic carboxylic acids is 1. The van der Waals surface area contributed by atoms with E-state index in [9.17, 15) is 9.90 Å². The highest BCUT2D eigenvalue weighted by Gasteiger charge is 2.23. The zero-order valence-electron chi connectivity index (χ0n) is 12.1. The van der Waals surface area contributed by atoms with Crippen molar-refractivity contribution in [3.63, 3.8) is 0 Å². The van der Waals surface area contributed by atoms with Gasteiger partial charge in [-0.2, -0.15) is 5.10 Å². The Morgan fingerprint density at radius 3 is 2.78 bits per heavy atom. The SMILES string of the molecule is Cc1nn2ccsc2c1-c1nc(-c2ccccc2)c(C(=O)O)s1. The molecule has 4 rings (SSSR count). The largest absolute Gasteiger partial charge is 0.477 e. The molecule has 7 heteroatoms. The second-order valence-electron chi connectivity index (χ2n) is 4.98. The standard InChI is InChI=1S/C16H11N3O2S2/c1-9-11(15-19(18-9)7-8-22-15)14-17-12(13(23-14)16(20)21)10-5-3-2-4-6-10/h2-8H,1H3,(H,20,21). The lowest BCUT2D eigenvalue weighted by Crippen LogP contribution is -1.95. The molecule has 0 radical (unpaired) electrons. The highest BCUT2D eigenvalue weighted by Crippen LogP contribution is 2.38. The lowest BCUT2D eigenvalue weighted by atomic mass is 10.1. The predicted octanol–water partition coefficient (Wildman–Crippen LogP) is 4.19. The van der Waals surface area contributed by atoms with E-state index >= 15 is 0 Å². The van der Waals surface area contributed by atoms with Gasteiger partial charge in [-0.1, -0.05) is 30.3 Å². The number of carbonyl (C=O) groups is 1. The molecule has 5 nitrogen and oxygen atoms in total. The molecule has 114 valence electrons. The van der Waals surface area contributed by atoms with Crippen molar-refractivity contribution in [3.05, 3.63) is 52.5 Å². The molecular weight excluding hydrogens is 330 g/mol. The third-order valence-corrected chi connectivity index (χ3v) is 5.44. The number of hydrogen-bond donors (Lipinski definition) is 1. The van der Waals surface area contributed by atoms with Crippen LogP contribution in [-0.2, 0) is 0 Å². The monoisotopic (exact) mass is 341 g/mol. The van der Waals surface area contributed by atoms with E-state index in [-0.39, 0.29) is 4.88 Å². The Labute approximate surface area is 139 Å². The molecule has 0 saturated carbocycles. The summed E-state index contributed by atoms with van der Waals surface area (Å²) in [4.78, 5) is 17.5. The second kappa shape index (κ2) is 5.29. The van der Waals surface area contributed by atoms with Crippen molar-refractivity contribution in [2.24, 2.45) is 0 Å². The van der Waals surface area contributed by atoms with E-state index in [2.05, 4.69) is 10.1 Å². The molecule has 0 bridgehead atoms. The summed E-state index contributed by atoms with van der Waals surface area (Å²) in [6, 6.07) is 9.40. The Morgan fingerprint density at radius 2 is 2.04 bits per heavy atom. The van der Waals surface area contributed by atoms with Gasteiger partial charge in [0.15, 0.2) is 0 Å². The molecule has 0 spiro atoms. The number of aryl methyl sites for hydroxylation is 1. The third kappa shape index (κ3) is 2.25. The first kappa shape index (κ1) is 14.1. The maximum absolute atomic E-state index is 11.6. The third-order valence-electron chi connectivity index (χ3n) is 3.51. The van der Waals surface area contributed by atoms with Crippen LogP contribution in [0.15, 0.2) is 41.9 Å². The zero-order valence-corrected chi connectivity index (χ0v) is 13.7. The summed E-state index contributed by atoms with van der Waals surface area (Å²) >= 11 is 2.76. The first-order valence-electron chi connectivity index (χ1n) is 6.87. The van der Waals surface area contributed by atoms with E-state index in [0.717, 1.165) is 21.7 Å². The Kier molecular flexibility index (Phi) is 3.24. The Balaban J connectivity index is 1.96. The molecule has 3 aromatic heterocycles. The van der Waals surface area contributed by atoms with Crippen molar-refractivity contribution in [3.8, 4) is 21.8 Å². The fraction of sp³-hybridized carbons (Fsp3) is 0.0625. The summed E-state index contributed by atoms with van der Waals surface area (Å²) in [5, 5.41) is 16.6. The van der Waals surface area contributed by atoms with Crippen LogP contribution in [0.25, 0.3) is 26.7 Å². The summed E-state index contributed by atoms with van der Waals surface area (Å²) in [7, 11) is 0. The minimum atomic E-state index is -0.958. The molecule has 1 aromatic carbocycles. The first-order chi connectivity index (χ1) is 11.1. The number of benzene rings is 1. The van der Waals surface area contributed by atoms with Gasteiger partial charge in [0.2, 0.25) is 0 Å². The van der Waals surface area contributed by atoms with Crippen molar-refractivity contribution in [1.82, 2.24) is 14.6 Å². The number of aromatic nitrogens is 3. The normalized spacial score (nSPS) is 11.2. The van der Waals surface area contributed by atoms with Gasteiger partial charge in [0.05, 0.1) is 17.0 Å². The quantitative estimate of drug-likeness (QED) is 0.606. The van der Waals surface area contributed by atoms with Gasteiger partial charge >= 0.3 is 5.97 Å². The van der Waals surface area contributed by atoms with Gasteiger partial charge in [-0.15, -0.1) is 22.7 Å². The molecule has 0 fully saturated rings. The van der Waals surface area contributed by atoms with E-state index in [4.69, 9.17) is 0 Å². The van der Waals surface area contributed by atoms with Crippen molar-refractivity contribution in [2.75, 3.05) is 0 Å². The van der Waals surface area contributed by atoms with Crippen LogP contribution in [-0.4, -0.2) is 25.7 Å². The Morgan fingerprint density at radius 1 is 1.26 bits per heavy atom. The Bertz CT molecular complexity index is 1010. The van der Waals surface area contributed by atoms with Crippen molar-refractivity contribution in [1.29, 1.82) is 0 Å². The van der Waals surface area contributed by atoms with Gasteiger partial charge in [-0.05, 0) is 6.92 Å². The highest BCUT2D eigenvalue weighted by molar-refractivity contribution is 7.19. The Hall–Kier alpha value is -2.51. The number of rotatable bonds is 3. The maximum Gasteiger partial charge on any atom is 0.348 e. The summed E-state index contributed by atoms with van der Waals surface area (Å²) in [5.41, 5.74) is 3.07. The molecule has 0 aliphatic carbocycles. The first-order valence-corrected chi connectivity index (χ1v) is 8.57. The van der Waals surface area contributed by atoms with Crippen LogP contribution < -0.4 is 0 Å². The number of fused-ring (bicyclic) bond motifs is 1. The molecule has 1 N–H and O–H groups in total. The van der Waals surface area contributed by atoms with Gasteiger partial charge in [0.1, 0.15) is 14.7 Å². The molecule has 0 amide bonds. The van der Waals surface area contributed by atoms with E-state index in [0.29, 0.717) is 10.7 Å². The fourth-order valence-corrected chi connectivity index (χ4v) is 4.47. The van der Waals surface area contributed by atoms with Crippen LogP contribution in [0.2, 0.25) is 0 Å². The molecule has 0 unspecified atom stereocenters. The van der Waals surface area contributed by atoms with Crippen LogP contribution in [0.1, 0.15) is 15.4 Å². The maximum atomic E-state index is 11.6. The number of thiazole rings is 2. The average molecular weight is 341 g/mol. The van der Waals surface area contributed by atoms with Crippen LogP contribution in [0.4, 0.5) is 0 Å². The molecule has 0 aliphatic heterocycles. The molecule has 0 atom stereocenters. The fourth-order valence-electron chi connectivity index (χ4n) is 2.50.